The monoisotopic (exact) mass is 417 g/mol. The number of aromatic nitrogens is 2. The van der Waals surface area contributed by atoms with Crippen LogP contribution < -0.4 is 14.8 Å². The van der Waals surface area contributed by atoms with E-state index in [9.17, 15) is 4.39 Å². The standard InChI is InChI=1S/C22H25ClFN3O2/c1-2-28-21-13-17(14-25-8-5-10-27-11-9-26-16-27)12-19(23)22(21)29-15-18-6-3-4-7-20(18)24/h3-4,6-7,9,11-13,16,25H,2,5,8,10,14-15H2,1H3. The van der Waals surface area contributed by atoms with Crippen LogP contribution in [0.3, 0.4) is 0 Å². The smallest absolute Gasteiger partial charge is 0.180 e. The first-order valence-corrected chi connectivity index (χ1v) is 10.0. The first kappa shape index (κ1) is 21.1. The van der Waals surface area contributed by atoms with Crippen molar-refractivity contribution in [3.63, 3.8) is 0 Å². The number of imidazole rings is 1. The van der Waals surface area contributed by atoms with Gasteiger partial charge in [0.15, 0.2) is 11.5 Å². The van der Waals surface area contributed by atoms with Crippen LogP contribution in [0.15, 0.2) is 55.1 Å². The molecule has 3 rings (SSSR count). The summed E-state index contributed by atoms with van der Waals surface area (Å²) in [6.07, 6.45) is 6.54. The maximum atomic E-state index is 13.8. The number of rotatable bonds is 11. The van der Waals surface area contributed by atoms with E-state index < -0.39 is 0 Å². The average molecular weight is 418 g/mol. The van der Waals surface area contributed by atoms with Gasteiger partial charge in [0.25, 0.3) is 0 Å². The summed E-state index contributed by atoms with van der Waals surface area (Å²) in [6.45, 7) is 4.91. The number of halogens is 2. The average Bonchev–Trinajstić information content (AvgIpc) is 3.22. The Labute approximate surface area is 175 Å². The molecule has 3 aromatic rings. The number of ether oxygens (including phenoxy) is 2. The van der Waals surface area contributed by atoms with E-state index in [-0.39, 0.29) is 12.4 Å². The molecule has 0 amide bonds. The lowest BCUT2D eigenvalue weighted by Gasteiger charge is -2.16. The van der Waals surface area contributed by atoms with E-state index >= 15 is 0 Å². The molecule has 0 aliphatic rings. The van der Waals surface area contributed by atoms with E-state index in [1.807, 2.05) is 36.1 Å². The maximum Gasteiger partial charge on any atom is 0.180 e. The Morgan fingerprint density at radius 1 is 1.21 bits per heavy atom. The van der Waals surface area contributed by atoms with Crippen molar-refractivity contribution in [1.29, 1.82) is 0 Å². The van der Waals surface area contributed by atoms with Crippen LogP contribution in [0.4, 0.5) is 4.39 Å². The molecule has 7 heteroatoms. The van der Waals surface area contributed by atoms with E-state index in [0.29, 0.717) is 35.2 Å². The molecule has 0 unspecified atom stereocenters. The SMILES string of the molecule is CCOc1cc(CNCCCn2ccnc2)cc(Cl)c1OCc1ccccc1F. The van der Waals surface area contributed by atoms with E-state index in [1.54, 1.807) is 24.4 Å². The van der Waals surface area contributed by atoms with E-state index in [2.05, 4.69) is 10.3 Å². The Hall–Kier alpha value is -2.57. The van der Waals surface area contributed by atoms with Crippen LogP contribution in [0, 0.1) is 5.82 Å². The highest BCUT2D eigenvalue weighted by Crippen LogP contribution is 2.37. The highest BCUT2D eigenvalue weighted by Gasteiger charge is 2.14. The lowest BCUT2D eigenvalue weighted by atomic mass is 10.2. The fraction of sp³-hybridized carbons (Fsp3) is 0.318. The second-order valence-corrected chi connectivity index (χ2v) is 6.96. The molecule has 1 heterocycles. The fourth-order valence-corrected chi connectivity index (χ4v) is 3.22. The van der Waals surface area contributed by atoms with Crippen molar-refractivity contribution in [2.24, 2.45) is 0 Å². The molecule has 0 aliphatic heterocycles. The van der Waals surface area contributed by atoms with Crippen LogP contribution in [0.1, 0.15) is 24.5 Å². The van der Waals surface area contributed by atoms with Crippen LogP contribution in [-0.4, -0.2) is 22.7 Å². The van der Waals surface area contributed by atoms with Crippen LogP contribution >= 0.6 is 11.6 Å². The molecule has 1 N–H and O–H groups in total. The quantitative estimate of drug-likeness (QED) is 0.454. The Bertz CT molecular complexity index is 903. The second-order valence-electron chi connectivity index (χ2n) is 6.55. The van der Waals surface area contributed by atoms with Crippen LogP contribution in [0.25, 0.3) is 0 Å². The molecule has 0 fully saturated rings. The van der Waals surface area contributed by atoms with Gasteiger partial charge in [-0.05, 0) is 43.7 Å². The third-order valence-corrected chi connectivity index (χ3v) is 4.64. The number of benzene rings is 2. The summed E-state index contributed by atoms with van der Waals surface area (Å²) in [4.78, 5) is 4.03. The molecule has 0 atom stereocenters. The molecule has 0 bridgehead atoms. The minimum Gasteiger partial charge on any atom is -0.490 e. The van der Waals surface area contributed by atoms with Crippen LogP contribution in [-0.2, 0) is 19.7 Å². The summed E-state index contributed by atoms with van der Waals surface area (Å²) in [6, 6.07) is 10.3. The zero-order valence-corrected chi connectivity index (χ0v) is 17.2. The lowest BCUT2D eigenvalue weighted by molar-refractivity contribution is 0.266. The molecule has 5 nitrogen and oxygen atoms in total. The summed E-state index contributed by atoms with van der Waals surface area (Å²) in [5, 5.41) is 3.85. The highest BCUT2D eigenvalue weighted by molar-refractivity contribution is 6.32. The summed E-state index contributed by atoms with van der Waals surface area (Å²) >= 11 is 6.45. The first-order chi connectivity index (χ1) is 14.2. The number of nitrogens with zero attached hydrogens (tertiary/aromatic N) is 2. The molecule has 0 aliphatic carbocycles. The minimum absolute atomic E-state index is 0.0817. The normalized spacial score (nSPS) is 10.9. The molecule has 1 aromatic heterocycles. The molecule has 0 radical (unpaired) electrons. The predicted molar refractivity (Wildman–Crippen MR) is 112 cm³/mol. The van der Waals surface area contributed by atoms with Gasteiger partial charge in [0.2, 0.25) is 0 Å². The largest absolute Gasteiger partial charge is 0.490 e. The van der Waals surface area contributed by atoms with Gasteiger partial charge in [-0.1, -0.05) is 29.8 Å². The fourth-order valence-electron chi connectivity index (χ4n) is 2.93. The Balaban J connectivity index is 1.58. The molecular formula is C22H25ClFN3O2. The summed E-state index contributed by atoms with van der Waals surface area (Å²) in [5.41, 5.74) is 1.47. The van der Waals surface area contributed by atoms with Gasteiger partial charge in [-0.3, -0.25) is 0 Å². The first-order valence-electron chi connectivity index (χ1n) is 9.65. The predicted octanol–water partition coefficient (Wildman–Crippen LogP) is 4.83. The van der Waals surface area contributed by atoms with Gasteiger partial charge in [0.05, 0.1) is 18.0 Å². The summed E-state index contributed by atoms with van der Waals surface area (Å²) in [7, 11) is 0. The topological polar surface area (TPSA) is 48.3 Å². The molecule has 154 valence electrons. The molecule has 0 spiro atoms. The third-order valence-electron chi connectivity index (χ3n) is 4.36. The summed E-state index contributed by atoms with van der Waals surface area (Å²) < 4.78 is 27.4. The van der Waals surface area contributed by atoms with E-state index in [1.165, 1.54) is 6.07 Å². The van der Waals surface area contributed by atoms with Crippen molar-refractivity contribution in [2.75, 3.05) is 13.2 Å². The van der Waals surface area contributed by atoms with Crippen LogP contribution in [0.5, 0.6) is 11.5 Å². The van der Waals surface area contributed by atoms with Crippen molar-refractivity contribution in [3.8, 4) is 11.5 Å². The molecule has 0 saturated heterocycles. The van der Waals surface area contributed by atoms with Gasteiger partial charge in [-0.15, -0.1) is 0 Å². The zero-order chi connectivity index (χ0) is 20.5. The molecule has 0 saturated carbocycles. The van der Waals surface area contributed by atoms with E-state index in [4.69, 9.17) is 21.1 Å². The van der Waals surface area contributed by atoms with Gasteiger partial charge >= 0.3 is 0 Å². The van der Waals surface area contributed by atoms with Gasteiger partial charge < -0.3 is 19.4 Å². The van der Waals surface area contributed by atoms with Crippen LogP contribution in [0.2, 0.25) is 5.02 Å². The second kappa shape index (κ2) is 10.8. The van der Waals surface area contributed by atoms with Gasteiger partial charge in [-0.2, -0.15) is 0 Å². The zero-order valence-electron chi connectivity index (χ0n) is 16.4. The van der Waals surface area contributed by atoms with Crippen molar-refractivity contribution in [3.05, 3.63) is 77.1 Å². The Kier molecular flexibility index (Phi) is 7.90. The Morgan fingerprint density at radius 3 is 2.83 bits per heavy atom. The highest BCUT2D eigenvalue weighted by atomic mass is 35.5. The summed E-state index contributed by atoms with van der Waals surface area (Å²) in [5.74, 6) is 0.685. The number of hydrogen-bond donors (Lipinski definition) is 1. The van der Waals surface area contributed by atoms with Crippen molar-refractivity contribution < 1.29 is 13.9 Å². The van der Waals surface area contributed by atoms with Crippen molar-refractivity contribution in [2.45, 2.75) is 33.0 Å². The van der Waals surface area contributed by atoms with Crippen molar-refractivity contribution in [1.82, 2.24) is 14.9 Å². The molecular weight excluding hydrogens is 393 g/mol. The van der Waals surface area contributed by atoms with Gasteiger partial charge in [0.1, 0.15) is 12.4 Å². The van der Waals surface area contributed by atoms with Gasteiger partial charge in [0, 0.05) is 31.0 Å². The molecule has 29 heavy (non-hydrogen) atoms. The lowest BCUT2D eigenvalue weighted by Crippen LogP contribution is -2.16. The Morgan fingerprint density at radius 2 is 2.07 bits per heavy atom. The van der Waals surface area contributed by atoms with Gasteiger partial charge in [-0.25, -0.2) is 9.37 Å². The number of nitrogens with one attached hydrogen (secondary N) is 1. The number of hydrogen-bond acceptors (Lipinski definition) is 4. The molecule has 2 aromatic carbocycles. The van der Waals surface area contributed by atoms with E-state index in [0.717, 1.165) is 25.1 Å². The third kappa shape index (κ3) is 6.21. The number of aryl methyl sites for hydroxylation is 1. The van der Waals surface area contributed by atoms with Crippen molar-refractivity contribution >= 4 is 11.6 Å². The maximum absolute atomic E-state index is 13.8. The minimum atomic E-state index is -0.307.